The molecule has 0 aliphatic carbocycles. The lowest BCUT2D eigenvalue weighted by Crippen LogP contribution is -2.51. The molecule has 3 heterocycles. The number of nitrogens with two attached hydrogens (primary N) is 2. The van der Waals surface area contributed by atoms with Gasteiger partial charge in [0.1, 0.15) is 18.3 Å². The highest BCUT2D eigenvalue weighted by Gasteiger charge is 2.59. The molecule has 4 N–H and O–H groups in total. The summed E-state index contributed by atoms with van der Waals surface area (Å²) in [6, 6.07) is 18.8. The molecule has 12 heteroatoms. The van der Waals surface area contributed by atoms with Crippen molar-refractivity contribution in [1.82, 2.24) is 19.5 Å². The lowest BCUT2D eigenvalue weighted by molar-refractivity contribution is -0.165. The number of halogens is 1. The maximum Gasteiger partial charge on any atom is 0.303 e. The van der Waals surface area contributed by atoms with Gasteiger partial charge in [-0.1, -0.05) is 60.7 Å². The number of esters is 1. The van der Waals surface area contributed by atoms with Gasteiger partial charge in [0.15, 0.2) is 29.4 Å². The number of carbonyl (C=O) groups excluding carboxylic acids is 1. The third-order valence-corrected chi connectivity index (χ3v) is 6.45. The van der Waals surface area contributed by atoms with Crippen molar-refractivity contribution in [3.63, 3.8) is 0 Å². The average Bonchev–Trinajstić information content (AvgIpc) is 3.48. The van der Waals surface area contributed by atoms with Crippen LogP contribution in [0.3, 0.4) is 0 Å². The third kappa shape index (κ3) is 5.53. The number of imidazole rings is 1. The van der Waals surface area contributed by atoms with E-state index in [4.69, 9.17) is 30.4 Å². The Labute approximate surface area is 223 Å². The van der Waals surface area contributed by atoms with E-state index in [1.54, 1.807) is 0 Å². The number of hydrogen-bond donors (Lipinski definition) is 2. The maximum atomic E-state index is 15.1. The van der Waals surface area contributed by atoms with Gasteiger partial charge in [0.2, 0.25) is 5.95 Å². The van der Waals surface area contributed by atoms with Gasteiger partial charge in [-0.05, 0) is 11.1 Å². The minimum absolute atomic E-state index is 0.0677. The molecule has 2 aromatic carbocycles. The van der Waals surface area contributed by atoms with Gasteiger partial charge in [0.25, 0.3) is 0 Å². The second-order valence-electron chi connectivity index (χ2n) is 9.27. The summed E-state index contributed by atoms with van der Waals surface area (Å²) >= 11 is 0. The zero-order valence-corrected chi connectivity index (χ0v) is 21.3. The quantitative estimate of drug-likeness (QED) is 0.290. The Bertz CT molecular complexity index is 1420. The number of rotatable bonds is 10. The van der Waals surface area contributed by atoms with Crippen molar-refractivity contribution in [2.24, 2.45) is 0 Å². The molecule has 0 saturated carbocycles. The van der Waals surface area contributed by atoms with Gasteiger partial charge in [-0.2, -0.15) is 9.97 Å². The Morgan fingerprint density at radius 3 is 2.36 bits per heavy atom. The van der Waals surface area contributed by atoms with Crippen LogP contribution in [0.5, 0.6) is 0 Å². The summed E-state index contributed by atoms with van der Waals surface area (Å²) in [5.74, 6) is -0.610. The van der Waals surface area contributed by atoms with Gasteiger partial charge in [-0.3, -0.25) is 9.36 Å². The average molecular weight is 537 g/mol. The molecular formula is C27H29FN6O5. The molecule has 1 saturated heterocycles. The largest absolute Gasteiger partial charge is 0.455 e. The van der Waals surface area contributed by atoms with Crippen LogP contribution in [0.2, 0.25) is 0 Å². The van der Waals surface area contributed by atoms with E-state index < -0.39 is 36.7 Å². The first-order valence-electron chi connectivity index (χ1n) is 12.3. The van der Waals surface area contributed by atoms with Gasteiger partial charge >= 0.3 is 5.97 Å². The first kappa shape index (κ1) is 26.5. The molecule has 2 aromatic heterocycles. The third-order valence-electron chi connectivity index (χ3n) is 6.45. The number of aromatic nitrogens is 4. The predicted octanol–water partition coefficient (Wildman–Crippen LogP) is 2.96. The Morgan fingerprint density at radius 2 is 1.72 bits per heavy atom. The molecule has 11 nitrogen and oxygen atoms in total. The van der Waals surface area contributed by atoms with Gasteiger partial charge in [-0.15, -0.1) is 0 Å². The van der Waals surface area contributed by atoms with E-state index in [0.29, 0.717) is 0 Å². The fourth-order valence-electron chi connectivity index (χ4n) is 4.68. The van der Waals surface area contributed by atoms with Crippen LogP contribution < -0.4 is 11.5 Å². The molecule has 4 aromatic rings. The Hall–Kier alpha value is -4.13. The number of carbonyl (C=O) groups is 1. The second-order valence-corrected chi connectivity index (χ2v) is 9.27. The number of alkyl halides is 1. The molecular weight excluding hydrogens is 507 g/mol. The Morgan fingerprint density at radius 1 is 1.05 bits per heavy atom. The summed E-state index contributed by atoms with van der Waals surface area (Å²) in [5, 5.41) is 0. The molecule has 5 rings (SSSR count). The molecule has 0 spiro atoms. The van der Waals surface area contributed by atoms with Crippen molar-refractivity contribution < 1.29 is 28.1 Å². The SMILES string of the molecule is CC(=O)O[C@H]1[C@H](n2cnc3c(N)nc(N)nc32)O[C@](CF)(COCc2ccccc2)[C@H]1OCc1ccccc1. The van der Waals surface area contributed by atoms with Crippen LogP contribution in [0.25, 0.3) is 11.2 Å². The van der Waals surface area contributed by atoms with Gasteiger partial charge in [0.05, 0.1) is 26.1 Å². The van der Waals surface area contributed by atoms with Crippen LogP contribution in [-0.2, 0) is 37.0 Å². The number of hydrogen-bond acceptors (Lipinski definition) is 10. The highest BCUT2D eigenvalue weighted by Crippen LogP contribution is 2.43. The minimum Gasteiger partial charge on any atom is -0.455 e. The van der Waals surface area contributed by atoms with Crippen LogP contribution in [0, 0.1) is 0 Å². The topological polar surface area (TPSA) is 150 Å². The van der Waals surface area contributed by atoms with Crippen LogP contribution in [0.15, 0.2) is 67.0 Å². The number of nitrogen functional groups attached to an aromatic ring is 2. The van der Waals surface area contributed by atoms with Crippen molar-refractivity contribution in [3.8, 4) is 0 Å². The second kappa shape index (κ2) is 11.3. The lowest BCUT2D eigenvalue weighted by Gasteiger charge is -2.32. The fourth-order valence-corrected chi connectivity index (χ4v) is 4.68. The molecule has 0 amide bonds. The number of nitrogens with zero attached hydrogens (tertiary/aromatic N) is 4. The minimum atomic E-state index is -1.63. The van der Waals surface area contributed by atoms with E-state index in [0.717, 1.165) is 11.1 Å². The van der Waals surface area contributed by atoms with Crippen LogP contribution >= 0.6 is 0 Å². The van der Waals surface area contributed by atoms with Crippen molar-refractivity contribution >= 4 is 28.9 Å². The normalized spacial score (nSPS) is 22.8. The molecule has 0 bridgehead atoms. The summed E-state index contributed by atoms with van der Waals surface area (Å²) in [4.78, 5) is 24.7. The first-order valence-corrected chi connectivity index (χ1v) is 12.3. The fraction of sp³-hybridized carbons (Fsp3) is 0.333. The van der Waals surface area contributed by atoms with E-state index in [2.05, 4.69) is 15.0 Å². The van der Waals surface area contributed by atoms with Crippen molar-refractivity contribution in [3.05, 3.63) is 78.1 Å². The van der Waals surface area contributed by atoms with E-state index in [1.807, 2.05) is 60.7 Å². The zero-order chi connectivity index (χ0) is 27.4. The zero-order valence-electron chi connectivity index (χ0n) is 21.3. The highest BCUT2D eigenvalue weighted by atomic mass is 19.1. The number of benzene rings is 2. The van der Waals surface area contributed by atoms with E-state index >= 15 is 4.39 Å². The number of ether oxygens (including phenoxy) is 4. The van der Waals surface area contributed by atoms with E-state index in [9.17, 15) is 4.79 Å². The molecule has 39 heavy (non-hydrogen) atoms. The number of anilines is 2. The molecule has 0 radical (unpaired) electrons. The summed E-state index contributed by atoms with van der Waals surface area (Å²) in [7, 11) is 0. The summed E-state index contributed by atoms with van der Waals surface area (Å²) in [6.45, 7) is 0.428. The molecule has 1 aliphatic rings. The molecule has 4 atom stereocenters. The van der Waals surface area contributed by atoms with Crippen molar-refractivity contribution in [2.45, 2.75) is 44.2 Å². The van der Waals surface area contributed by atoms with Crippen molar-refractivity contribution in [1.29, 1.82) is 0 Å². The lowest BCUT2D eigenvalue weighted by atomic mass is 9.96. The standard InChI is InChI=1S/C27H29FN6O5/c1-17(35)38-21-22(37-13-19-10-6-3-7-11-19)27(14-28,15-36-12-18-8-4-2-5-9-18)39-25(21)34-16-31-20-23(29)32-26(30)33-24(20)34/h2-11,16,21-22,25H,12-15H2,1H3,(H4,29,30,32,33)/t21-,22+,25-,27-/m1/s1. The summed E-state index contributed by atoms with van der Waals surface area (Å²) < 4.78 is 40.9. The molecule has 0 unspecified atom stereocenters. The predicted molar refractivity (Wildman–Crippen MR) is 140 cm³/mol. The van der Waals surface area contributed by atoms with Crippen LogP contribution in [0.1, 0.15) is 24.3 Å². The summed E-state index contributed by atoms with van der Waals surface area (Å²) in [6.07, 6.45) is -1.81. The summed E-state index contributed by atoms with van der Waals surface area (Å²) in [5.41, 5.74) is 12.5. The Balaban J connectivity index is 1.52. The number of fused-ring (bicyclic) bond motifs is 1. The van der Waals surface area contributed by atoms with Crippen molar-refractivity contribution in [2.75, 3.05) is 24.7 Å². The van der Waals surface area contributed by atoms with Gasteiger partial charge < -0.3 is 30.4 Å². The van der Waals surface area contributed by atoms with Gasteiger partial charge in [0, 0.05) is 6.92 Å². The van der Waals surface area contributed by atoms with Crippen LogP contribution in [-0.4, -0.2) is 56.6 Å². The molecule has 204 valence electrons. The van der Waals surface area contributed by atoms with E-state index in [-0.39, 0.29) is 42.8 Å². The maximum absolute atomic E-state index is 15.1. The smallest absolute Gasteiger partial charge is 0.303 e. The van der Waals surface area contributed by atoms with Gasteiger partial charge in [-0.25, -0.2) is 9.37 Å². The van der Waals surface area contributed by atoms with E-state index in [1.165, 1.54) is 17.8 Å². The monoisotopic (exact) mass is 536 g/mol. The molecule has 1 aliphatic heterocycles. The first-order chi connectivity index (χ1) is 18.9. The molecule has 1 fully saturated rings. The van der Waals surface area contributed by atoms with Crippen LogP contribution in [0.4, 0.5) is 16.2 Å². The highest BCUT2D eigenvalue weighted by molar-refractivity contribution is 5.82. The Kier molecular flexibility index (Phi) is 7.68.